The third-order valence-electron chi connectivity index (χ3n) is 2.36. The van der Waals surface area contributed by atoms with Crippen molar-refractivity contribution < 1.29 is 9.53 Å². The number of carbonyl (C=O) groups excluding carboxylic acids is 1. The van der Waals surface area contributed by atoms with Crippen LogP contribution >= 0.6 is 11.8 Å². The van der Waals surface area contributed by atoms with Gasteiger partial charge in [-0.25, -0.2) is 0 Å². The first kappa shape index (κ1) is 13.3. The normalized spacial score (nSPS) is 15.3. The highest BCUT2D eigenvalue weighted by molar-refractivity contribution is 8.13. The van der Waals surface area contributed by atoms with E-state index in [9.17, 15) is 4.79 Å². The van der Waals surface area contributed by atoms with Crippen LogP contribution in [0.1, 0.15) is 33.6 Å². The van der Waals surface area contributed by atoms with Crippen LogP contribution in [0, 0.1) is 0 Å². The Hall–Kier alpha value is -1.16. The first-order chi connectivity index (χ1) is 8.42. The lowest BCUT2D eigenvalue weighted by Crippen LogP contribution is -2.22. The zero-order chi connectivity index (χ0) is 13.2. The van der Waals surface area contributed by atoms with E-state index >= 15 is 0 Å². The molecule has 0 spiro atoms. The van der Waals surface area contributed by atoms with Crippen LogP contribution in [-0.2, 0) is 0 Å². The fourth-order valence-electron chi connectivity index (χ4n) is 1.46. The van der Waals surface area contributed by atoms with E-state index < -0.39 is 0 Å². The molecule has 18 heavy (non-hydrogen) atoms. The predicted molar refractivity (Wildman–Crippen MR) is 74.2 cm³/mol. The first-order valence-electron chi connectivity index (χ1n) is 6.20. The topological polar surface area (TPSA) is 38.3 Å². The van der Waals surface area contributed by atoms with Crippen molar-refractivity contribution in [1.29, 1.82) is 0 Å². The van der Waals surface area contributed by atoms with E-state index in [4.69, 9.17) is 4.74 Å². The summed E-state index contributed by atoms with van der Waals surface area (Å²) in [5, 5.41) is 2.98. The maximum atomic E-state index is 11.6. The highest BCUT2D eigenvalue weighted by Gasteiger charge is 2.23. The zero-order valence-electron chi connectivity index (χ0n) is 11.0. The van der Waals surface area contributed by atoms with E-state index in [1.165, 1.54) is 11.8 Å². The summed E-state index contributed by atoms with van der Waals surface area (Å²) in [4.78, 5) is 12.5. The van der Waals surface area contributed by atoms with Crippen molar-refractivity contribution in [3.8, 4) is 5.75 Å². The summed E-state index contributed by atoms with van der Waals surface area (Å²) in [6, 6.07) is 8.04. The van der Waals surface area contributed by atoms with Crippen LogP contribution in [0.5, 0.6) is 5.75 Å². The van der Waals surface area contributed by atoms with E-state index in [0.717, 1.165) is 23.5 Å². The molecule has 1 aromatic rings. The van der Waals surface area contributed by atoms with Crippen LogP contribution in [0.25, 0.3) is 0 Å². The molecule has 1 N–H and O–H groups in total. The summed E-state index contributed by atoms with van der Waals surface area (Å²) in [6.45, 7) is 6.04. The number of hydrogen-bond donors (Lipinski definition) is 1. The van der Waals surface area contributed by atoms with Gasteiger partial charge in [0.2, 0.25) is 0 Å². The number of thioether (sulfide) groups is 1. The van der Waals surface area contributed by atoms with E-state index in [-0.39, 0.29) is 10.8 Å². The van der Waals surface area contributed by atoms with Crippen LogP contribution in [0.4, 0.5) is 4.79 Å². The molecular formula is C14H19NO2S. The molecule has 0 radical (unpaired) electrons. The van der Waals surface area contributed by atoms with E-state index in [1.807, 2.05) is 45.0 Å². The number of ether oxygens (including phenoxy) is 1. The Kier molecular flexibility index (Phi) is 3.85. The number of benzene rings is 1. The van der Waals surface area contributed by atoms with Gasteiger partial charge in [0, 0.05) is 10.9 Å². The van der Waals surface area contributed by atoms with Gasteiger partial charge in [0.25, 0.3) is 5.24 Å². The van der Waals surface area contributed by atoms with Gasteiger partial charge in [0.1, 0.15) is 11.4 Å². The molecule has 1 aliphatic rings. The molecule has 0 saturated heterocycles. The average Bonchev–Trinajstić information content (AvgIpc) is 3.02. The van der Waals surface area contributed by atoms with E-state index in [2.05, 4.69) is 5.32 Å². The molecule has 0 atom stereocenters. The standard InChI is InChI=1S/C14H19NO2S/c1-14(2,3)17-11-6-8-12(9-7-11)18-13(16)15-10-4-5-10/h6-10H,4-5H2,1-3H3,(H,15,16). The summed E-state index contributed by atoms with van der Waals surface area (Å²) in [7, 11) is 0. The maximum Gasteiger partial charge on any atom is 0.284 e. The molecule has 4 heteroatoms. The minimum absolute atomic E-state index is 0.0296. The Bertz CT molecular complexity index is 418. The summed E-state index contributed by atoms with van der Waals surface area (Å²) in [5.74, 6) is 0.828. The highest BCUT2D eigenvalue weighted by atomic mass is 32.2. The Morgan fingerprint density at radius 1 is 1.28 bits per heavy atom. The van der Waals surface area contributed by atoms with Crippen molar-refractivity contribution in [2.45, 2.75) is 50.2 Å². The van der Waals surface area contributed by atoms with Crippen molar-refractivity contribution in [1.82, 2.24) is 5.32 Å². The zero-order valence-corrected chi connectivity index (χ0v) is 11.8. The maximum absolute atomic E-state index is 11.6. The molecule has 0 bridgehead atoms. The lowest BCUT2D eigenvalue weighted by atomic mass is 10.2. The fraction of sp³-hybridized carbons (Fsp3) is 0.500. The molecule has 0 aliphatic heterocycles. The van der Waals surface area contributed by atoms with Gasteiger partial charge in [-0.05, 0) is 69.6 Å². The quantitative estimate of drug-likeness (QED) is 0.844. The van der Waals surface area contributed by atoms with Crippen LogP contribution in [0.2, 0.25) is 0 Å². The molecule has 1 saturated carbocycles. The predicted octanol–water partition coefficient (Wildman–Crippen LogP) is 3.83. The second kappa shape index (κ2) is 5.22. The molecular weight excluding hydrogens is 246 g/mol. The fourth-order valence-corrected chi connectivity index (χ4v) is 2.17. The van der Waals surface area contributed by atoms with Gasteiger partial charge in [-0.3, -0.25) is 4.79 Å². The summed E-state index contributed by atoms with van der Waals surface area (Å²) in [6.07, 6.45) is 2.23. The van der Waals surface area contributed by atoms with Crippen molar-refractivity contribution >= 4 is 17.0 Å². The third kappa shape index (κ3) is 4.61. The molecule has 1 fully saturated rings. The Morgan fingerprint density at radius 2 is 1.89 bits per heavy atom. The number of hydrogen-bond acceptors (Lipinski definition) is 3. The monoisotopic (exact) mass is 265 g/mol. The number of rotatable bonds is 3. The Balaban J connectivity index is 1.88. The summed E-state index contributed by atoms with van der Waals surface area (Å²) >= 11 is 1.23. The largest absolute Gasteiger partial charge is 0.488 e. The van der Waals surface area contributed by atoms with Gasteiger partial charge in [0.05, 0.1) is 0 Å². The van der Waals surface area contributed by atoms with Gasteiger partial charge in [-0.2, -0.15) is 0 Å². The van der Waals surface area contributed by atoms with E-state index in [1.54, 1.807) is 0 Å². The van der Waals surface area contributed by atoms with Crippen molar-refractivity contribution in [3.63, 3.8) is 0 Å². The van der Waals surface area contributed by atoms with Crippen molar-refractivity contribution in [2.24, 2.45) is 0 Å². The molecule has 1 amide bonds. The van der Waals surface area contributed by atoms with Crippen molar-refractivity contribution in [2.75, 3.05) is 0 Å². The van der Waals surface area contributed by atoms with Gasteiger partial charge >= 0.3 is 0 Å². The first-order valence-corrected chi connectivity index (χ1v) is 7.01. The molecule has 1 aromatic carbocycles. The molecule has 0 unspecified atom stereocenters. The Morgan fingerprint density at radius 3 is 2.39 bits per heavy atom. The van der Waals surface area contributed by atoms with E-state index in [0.29, 0.717) is 6.04 Å². The highest BCUT2D eigenvalue weighted by Crippen LogP contribution is 2.26. The van der Waals surface area contributed by atoms with Crippen LogP contribution < -0.4 is 10.1 Å². The second-order valence-corrected chi connectivity index (χ2v) is 6.54. The molecule has 98 valence electrons. The number of nitrogens with one attached hydrogen (secondary N) is 1. The van der Waals surface area contributed by atoms with Crippen molar-refractivity contribution in [3.05, 3.63) is 24.3 Å². The van der Waals surface area contributed by atoms with Gasteiger partial charge in [0.15, 0.2) is 0 Å². The SMILES string of the molecule is CC(C)(C)Oc1ccc(SC(=O)NC2CC2)cc1. The number of amides is 1. The summed E-state index contributed by atoms with van der Waals surface area (Å²) < 4.78 is 5.73. The van der Waals surface area contributed by atoms with Crippen LogP contribution in [0.15, 0.2) is 29.2 Å². The average molecular weight is 265 g/mol. The smallest absolute Gasteiger partial charge is 0.284 e. The molecule has 0 aromatic heterocycles. The minimum atomic E-state index is -0.196. The lowest BCUT2D eigenvalue weighted by Gasteiger charge is -2.21. The number of carbonyl (C=O) groups is 1. The van der Waals surface area contributed by atoms with Gasteiger partial charge in [-0.1, -0.05) is 0 Å². The molecule has 2 rings (SSSR count). The third-order valence-corrected chi connectivity index (χ3v) is 3.17. The Labute approximate surface area is 112 Å². The van der Waals surface area contributed by atoms with Crippen LogP contribution in [-0.4, -0.2) is 16.9 Å². The van der Waals surface area contributed by atoms with Crippen LogP contribution in [0.3, 0.4) is 0 Å². The molecule has 0 heterocycles. The van der Waals surface area contributed by atoms with Gasteiger partial charge < -0.3 is 10.1 Å². The second-order valence-electron chi connectivity index (χ2n) is 5.49. The van der Waals surface area contributed by atoms with Gasteiger partial charge in [-0.15, -0.1) is 0 Å². The lowest BCUT2D eigenvalue weighted by molar-refractivity contribution is 0.131. The molecule has 1 aliphatic carbocycles. The molecule has 3 nitrogen and oxygen atoms in total. The summed E-state index contributed by atoms with van der Waals surface area (Å²) in [5.41, 5.74) is -0.196. The minimum Gasteiger partial charge on any atom is -0.488 e.